The molecule has 0 unspecified atom stereocenters. The van der Waals surface area contributed by atoms with Crippen molar-refractivity contribution in [2.45, 2.75) is 51.2 Å². The molecular formula is C14H19F2NO. The van der Waals surface area contributed by atoms with Crippen molar-refractivity contribution in [2.24, 2.45) is 0 Å². The number of anilines is 1. The molecule has 2 rings (SSSR count). The molecule has 1 aromatic rings. The van der Waals surface area contributed by atoms with Gasteiger partial charge in [0.25, 0.3) is 0 Å². The first kappa shape index (κ1) is 13.1. The van der Waals surface area contributed by atoms with Crippen LogP contribution in [0, 0.1) is 0 Å². The lowest BCUT2D eigenvalue weighted by molar-refractivity contribution is -0.0498. The molecule has 18 heavy (non-hydrogen) atoms. The minimum absolute atomic E-state index is 0.212. The quantitative estimate of drug-likeness (QED) is 0.804. The third kappa shape index (κ3) is 4.17. The number of nitrogens with one attached hydrogen (secondary N) is 1. The Morgan fingerprint density at radius 2 is 1.83 bits per heavy atom. The van der Waals surface area contributed by atoms with Gasteiger partial charge in [0.1, 0.15) is 5.75 Å². The van der Waals surface area contributed by atoms with Crippen molar-refractivity contribution in [1.82, 2.24) is 0 Å². The lowest BCUT2D eigenvalue weighted by atomic mass is 10.1. The number of hydrogen-bond donors (Lipinski definition) is 1. The first-order valence-electron chi connectivity index (χ1n) is 6.55. The Kier molecular flexibility index (Phi) is 4.79. The molecule has 1 aliphatic rings. The molecule has 0 heterocycles. The van der Waals surface area contributed by atoms with Crippen molar-refractivity contribution in [3.8, 4) is 5.75 Å². The summed E-state index contributed by atoms with van der Waals surface area (Å²) in [5, 5.41) is 3.41. The van der Waals surface area contributed by atoms with Gasteiger partial charge in [-0.1, -0.05) is 31.7 Å². The summed E-state index contributed by atoms with van der Waals surface area (Å²) in [6.07, 6.45) is 7.38. The van der Waals surface area contributed by atoms with Crippen LogP contribution in [0.2, 0.25) is 0 Å². The van der Waals surface area contributed by atoms with Crippen LogP contribution >= 0.6 is 0 Å². The van der Waals surface area contributed by atoms with Crippen LogP contribution in [-0.2, 0) is 0 Å². The van der Waals surface area contributed by atoms with E-state index in [-0.39, 0.29) is 5.75 Å². The zero-order valence-electron chi connectivity index (χ0n) is 10.4. The van der Waals surface area contributed by atoms with Gasteiger partial charge in [0.15, 0.2) is 0 Å². The Hall–Kier alpha value is -1.32. The first-order valence-corrected chi connectivity index (χ1v) is 6.55. The lowest BCUT2D eigenvalue weighted by Crippen LogP contribution is -2.18. The maximum absolute atomic E-state index is 12.1. The number of alkyl halides is 2. The Labute approximate surface area is 106 Å². The monoisotopic (exact) mass is 255 g/mol. The van der Waals surface area contributed by atoms with Gasteiger partial charge in [-0.2, -0.15) is 8.78 Å². The number of ether oxygens (including phenoxy) is 1. The molecule has 0 saturated heterocycles. The molecule has 1 saturated carbocycles. The molecule has 2 nitrogen and oxygen atoms in total. The molecule has 1 N–H and O–H groups in total. The highest BCUT2D eigenvalue weighted by Crippen LogP contribution is 2.24. The minimum Gasteiger partial charge on any atom is -0.435 e. The summed E-state index contributed by atoms with van der Waals surface area (Å²) in [7, 11) is 0. The molecule has 0 radical (unpaired) electrons. The van der Waals surface area contributed by atoms with E-state index in [0.717, 1.165) is 18.5 Å². The van der Waals surface area contributed by atoms with Crippen molar-refractivity contribution in [3.05, 3.63) is 24.3 Å². The molecule has 4 heteroatoms. The van der Waals surface area contributed by atoms with Gasteiger partial charge in [0.05, 0.1) is 0 Å². The van der Waals surface area contributed by atoms with E-state index in [9.17, 15) is 8.78 Å². The van der Waals surface area contributed by atoms with Crippen LogP contribution in [0.15, 0.2) is 24.3 Å². The molecule has 0 spiro atoms. The van der Waals surface area contributed by atoms with Crippen molar-refractivity contribution >= 4 is 5.69 Å². The van der Waals surface area contributed by atoms with Gasteiger partial charge < -0.3 is 10.1 Å². The average molecular weight is 255 g/mol. The summed E-state index contributed by atoms with van der Waals surface area (Å²) in [5.74, 6) is 0.212. The van der Waals surface area contributed by atoms with Crippen LogP contribution in [0.3, 0.4) is 0 Å². The van der Waals surface area contributed by atoms with E-state index in [0.29, 0.717) is 6.04 Å². The highest BCUT2D eigenvalue weighted by molar-refractivity contribution is 5.48. The fourth-order valence-corrected chi connectivity index (χ4v) is 2.42. The smallest absolute Gasteiger partial charge is 0.387 e. The lowest BCUT2D eigenvalue weighted by Gasteiger charge is -2.18. The third-order valence-electron chi connectivity index (χ3n) is 3.29. The second-order valence-electron chi connectivity index (χ2n) is 4.74. The normalized spacial score (nSPS) is 17.5. The zero-order chi connectivity index (χ0) is 12.8. The number of halogens is 2. The van der Waals surface area contributed by atoms with E-state index in [1.54, 1.807) is 18.2 Å². The van der Waals surface area contributed by atoms with Gasteiger partial charge in [-0.05, 0) is 25.0 Å². The summed E-state index contributed by atoms with van der Waals surface area (Å²) in [6, 6.07) is 7.26. The fraction of sp³-hybridized carbons (Fsp3) is 0.571. The predicted molar refractivity (Wildman–Crippen MR) is 68.2 cm³/mol. The SMILES string of the molecule is FC(F)Oc1cccc(NC2CCCCCC2)c1. The Balaban J connectivity index is 1.95. The van der Waals surface area contributed by atoms with Crippen molar-refractivity contribution in [1.29, 1.82) is 0 Å². The van der Waals surface area contributed by atoms with Crippen LogP contribution < -0.4 is 10.1 Å². The Morgan fingerprint density at radius 3 is 2.50 bits per heavy atom. The molecule has 100 valence electrons. The van der Waals surface area contributed by atoms with Gasteiger partial charge in [0, 0.05) is 17.8 Å². The summed E-state index contributed by atoms with van der Waals surface area (Å²) >= 11 is 0. The van der Waals surface area contributed by atoms with Crippen LogP contribution in [0.1, 0.15) is 38.5 Å². The maximum Gasteiger partial charge on any atom is 0.387 e. The zero-order valence-corrected chi connectivity index (χ0v) is 10.4. The summed E-state index contributed by atoms with van der Waals surface area (Å²) in [6.45, 7) is -2.77. The molecular weight excluding hydrogens is 236 g/mol. The Bertz CT molecular complexity index is 363. The summed E-state index contributed by atoms with van der Waals surface area (Å²) < 4.78 is 28.6. The van der Waals surface area contributed by atoms with Gasteiger partial charge in [0.2, 0.25) is 0 Å². The van der Waals surface area contributed by atoms with Crippen LogP contribution in [0.4, 0.5) is 14.5 Å². The van der Waals surface area contributed by atoms with Crippen molar-refractivity contribution in [2.75, 3.05) is 5.32 Å². The van der Waals surface area contributed by atoms with Gasteiger partial charge in [-0.25, -0.2) is 0 Å². The van der Waals surface area contributed by atoms with Gasteiger partial charge >= 0.3 is 6.61 Å². The predicted octanol–water partition coefficient (Wildman–Crippen LogP) is 4.42. The summed E-state index contributed by atoms with van der Waals surface area (Å²) in [5.41, 5.74) is 0.861. The molecule has 1 aromatic carbocycles. The second kappa shape index (κ2) is 6.57. The van der Waals surface area contributed by atoms with E-state index in [1.165, 1.54) is 25.7 Å². The number of hydrogen-bond acceptors (Lipinski definition) is 2. The molecule has 1 aliphatic carbocycles. The fourth-order valence-electron chi connectivity index (χ4n) is 2.42. The largest absolute Gasteiger partial charge is 0.435 e. The second-order valence-corrected chi connectivity index (χ2v) is 4.74. The third-order valence-corrected chi connectivity index (χ3v) is 3.29. The first-order chi connectivity index (χ1) is 8.74. The van der Waals surface area contributed by atoms with E-state index in [4.69, 9.17) is 0 Å². The molecule has 0 bridgehead atoms. The van der Waals surface area contributed by atoms with Gasteiger partial charge in [-0.15, -0.1) is 0 Å². The molecule has 1 fully saturated rings. The highest BCUT2D eigenvalue weighted by Gasteiger charge is 2.12. The van der Waals surface area contributed by atoms with E-state index >= 15 is 0 Å². The standard InChI is InChI=1S/C14H19F2NO/c15-14(16)18-13-9-5-8-12(10-13)17-11-6-3-1-2-4-7-11/h5,8-11,14,17H,1-4,6-7H2. The Morgan fingerprint density at radius 1 is 1.11 bits per heavy atom. The van der Waals surface area contributed by atoms with Crippen LogP contribution in [0.5, 0.6) is 5.75 Å². The average Bonchev–Trinajstić information content (AvgIpc) is 2.57. The van der Waals surface area contributed by atoms with E-state index in [1.807, 2.05) is 6.07 Å². The summed E-state index contributed by atoms with van der Waals surface area (Å²) in [4.78, 5) is 0. The van der Waals surface area contributed by atoms with Crippen LogP contribution in [-0.4, -0.2) is 12.7 Å². The number of benzene rings is 1. The van der Waals surface area contributed by atoms with Gasteiger partial charge in [-0.3, -0.25) is 0 Å². The topological polar surface area (TPSA) is 21.3 Å². The van der Waals surface area contributed by atoms with Crippen molar-refractivity contribution < 1.29 is 13.5 Å². The minimum atomic E-state index is -2.77. The maximum atomic E-state index is 12.1. The van der Waals surface area contributed by atoms with Crippen LogP contribution in [0.25, 0.3) is 0 Å². The van der Waals surface area contributed by atoms with E-state index < -0.39 is 6.61 Å². The van der Waals surface area contributed by atoms with E-state index in [2.05, 4.69) is 10.1 Å². The number of rotatable bonds is 4. The molecule has 0 atom stereocenters. The highest BCUT2D eigenvalue weighted by atomic mass is 19.3. The molecule has 0 aromatic heterocycles. The molecule has 0 amide bonds. The van der Waals surface area contributed by atoms with Crippen molar-refractivity contribution in [3.63, 3.8) is 0 Å². The molecule has 0 aliphatic heterocycles.